The highest BCUT2D eigenvalue weighted by Crippen LogP contribution is 2.54. The van der Waals surface area contributed by atoms with Crippen molar-refractivity contribution in [1.29, 1.82) is 0 Å². The highest BCUT2D eigenvalue weighted by molar-refractivity contribution is 7.15. The zero-order chi connectivity index (χ0) is 23.8. The van der Waals surface area contributed by atoms with Crippen LogP contribution < -0.4 is 15.2 Å². The number of fused-ring (bicyclic) bond motifs is 5. The molecule has 9 heteroatoms. The second-order valence-electron chi connectivity index (χ2n) is 8.31. The molecule has 2 aliphatic heterocycles. The number of para-hydroxylation sites is 1. The molecule has 2 aromatic carbocycles. The van der Waals surface area contributed by atoms with Gasteiger partial charge in [-0.25, -0.2) is 0 Å². The standard InChI is InChI=1S/C25H18N4O4S/c1-4-11-28-17-8-6-5-7-16(17)25(23(28)32)19-20(30)15-12-13(2)9-10-18(15)33-21(19)22(31)29(25)24-27-26-14(3)34-24/h4-10,12H,1,11H2,2-3H3. The molecule has 1 unspecified atom stereocenters. The van der Waals surface area contributed by atoms with Gasteiger partial charge >= 0.3 is 0 Å². The maximum Gasteiger partial charge on any atom is 0.297 e. The molecule has 1 spiro atoms. The van der Waals surface area contributed by atoms with Gasteiger partial charge in [-0.05, 0) is 32.0 Å². The Morgan fingerprint density at radius 1 is 1.12 bits per heavy atom. The zero-order valence-electron chi connectivity index (χ0n) is 18.4. The molecule has 0 saturated heterocycles. The number of hydrogen-bond acceptors (Lipinski definition) is 7. The van der Waals surface area contributed by atoms with Crippen LogP contribution in [-0.2, 0) is 10.3 Å². The molecular formula is C25H18N4O4S. The van der Waals surface area contributed by atoms with Crippen molar-refractivity contribution in [3.8, 4) is 0 Å². The summed E-state index contributed by atoms with van der Waals surface area (Å²) in [4.78, 5) is 45.0. The summed E-state index contributed by atoms with van der Waals surface area (Å²) in [7, 11) is 0. The first-order valence-corrected chi connectivity index (χ1v) is 11.5. The predicted octanol–water partition coefficient (Wildman–Crippen LogP) is 3.70. The summed E-state index contributed by atoms with van der Waals surface area (Å²) in [6.45, 7) is 7.62. The van der Waals surface area contributed by atoms with E-state index in [1.165, 1.54) is 21.1 Å². The second-order valence-corrected chi connectivity index (χ2v) is 9.47. The first-order valence-electron chi connectivity index (χ1n) is 10.6. The van der Waals surface area contributed by atoms with Gasteiger partial charge in [0.25, 0.3) is 11.8 Å². The van der Waals surface area contributed by atoms with Crippen LogP contribution in [0.3, 0.4) is 0 Å². The van der Waals surface area contributed by atoms with Gasteiger partial charge in [-0.1, -0.05) is 47.2 Å². The number of rotatable bonds is 3. The molecule has 1 atom stereocenters. The van der Waals surface area contributed by atoms with Gasteiger partial charge in [-0.2, -0.15) is 0 Å². The third-order valence-electron chi connectivity index (χ3n) is 6.30. The molecule has 6 rings (SSSR count). The van der Waals surface area contributed by atoms with E-state index in [0.29, 0.717) is 21.6 Å². The third kappa shape index (κ3) is 2.39. The molecule has 2 amide bonds. The normalized spacial score (nSPS) is 18.8. The van der Waals surface area contributed by atoms with E-state index < -0.39 is 22.8 Å². The van der Waals surface area contributed by atoms with Gasteiger partial charge in [0.15, 0.2) is 11.0 Å². The minimum atomic E-state index is -1.75. The molecule has 0 saturated carbocycles. The summed E-state index contributed by atoms with van der Waals surface area (Å²) in [5, 5.41) is 9.40. The fraction of sp³-hybridized carbons (Fsp3) is 0.160. The van der Waals surface area contributed by atoms with Crippen molar-refractivity contribution in [1.82, 2.24) is 10.2 Å². The summed E-state index contributed by atoms with van der Waals surface area (Å²) in [6.07, 6.45) is 1.61. The Morgan fingerprint density at radius 3 is 2.65 bits per heavy atom. The molecule has 0 bridgehead atoms. The van der Waals surface area contributed by atoms with Gasteiger partial charge < -0.3 is 9.32 Å². The van der Waals surface area contributed by atoms with E-state index in [9.17, 15) is 14.4 Å². The average Bonchev–Trinajstić information content (AvgIpc) is 3.43. The van der Waals surface area contributed by atoms with E-state index in [4.69, 9.17) is 4.42 Å². The van der Waals surface area contributed by atoms with Gasteiger partial charge in [0.05, 0.1) is 16.6 Å². The monoisotopic (exact) mass is 470 g/mol. The molecular weight excluding hydrogens is 452 g/mol. The number of amides is 2. The Labute approximate surface area is 197 Å². The Hall–Kier alpha value is -4.11. The smallest absolute Gasteiger partial charge is 0.297 e. The van der Waals surface area contributed by atoms with Gasteiger partial charge in [0, 0.05) is 12.1 Å². The maximum absolute atomic E-state index is 14.3. The number of aromatic nitrogens is 2. The van der Waals surface area contributed by atoms with E-state index in [1.54, 1.807) is 49.4 Å². The first kappa shape index (κ1) is 20.5. The Balaban J connectivity index is 1.79. The van der Waals surface area contributed by atoms with Crippen molar-refractivity contribution >= 4 is 44.9 Å². The first-order chi connectivity index (χ1) is 16.4. The minimum absolute atomic E-state index is 0.00691. The number of benzene rings is 2. The highest BCUT2D eigenvalue weighted by atomic mass is 32.1. The van der Waals surface area contributed by atoms with Crippen LogP contribution in [-0.4, -0.2) is 28.6 Å². The number of nitrogens with zero attached hydrogens (tertiary/aromatic N) is 4. The van der Waals surface area contributed by atoms with Crippen molar-refractivity contribution in [3.63, 3.8) is 0 Å². The number of anilines is 2. The molecule has 8 nitrogen and oxygen atoms in total. The average molecular weight is 471 g/mol. The molecule has 0 N–H and O–H groups in total. The molecule has 0 radical (unpaired) electrons. The van der Waals surface area contributed by atoms with Crippen LogP contribution in [0.15, 0.2) is 64.3 Å². The van der Waals surface area contributed by atoms with Crippen molar-refractivity contribution in [2.45, 2.75) is 19.4 Å². The lowest BCUT2D eigenvalue weighted by Gasteiger charge is -2.31. The van der Waals surface area contributed by atoms with E-state index in [-0.39, 0.29) is 28.6 Å². The lowest BCUT2D eigenvalue weighted by molar-refractivity contribution is -0.121. The van der Waals surface area contributed by atoms with Crippen molar-refractivity contribution in [2.75, 3.05) is 16.3 Å². The maximum atomic E-state index is 14.3. The third-order valence-corrected chi connectivity index (χ3v) is 7.12. The van der Waals surface area contributed by atoms with Gasteiger partial charge in [0.1, 0.15) is 10.6 Å². The van der Waals surface area contributed by atoms with Crippen LogP contribution in [0.4, 0.5) is 10.8 Å². The predicted molar refractivity (Wildman–Crippen MR) is 128 cm³/mol. The Kier molecular flexibility index (Phi) is 4.19. The number of hydrogen-bond donors (Lipinski definition) is 0. The molecule has 2 aromatic heterocycles. The lowest BCUT2D eigenvalue weighted by Crippen LogP contribution is -2.53. The number of carbonyl (C=O) groups excluding carboxylic acids is 2. The van der Waals surface area contributed by atoms with E-state index in [1.807, 2.05) is 13.0 Å². The lowest BCUT2D eigenvalue weighted by atomic mass is 9.84. The molecule has 4 aromatic rings. The van der Waals surface area contributed by atoms with Crippen LogP contribution >= 0.6 is 11.3 Å². The van der Waals surface area contributed by atoms with E-state index in [2.05, 4.69) is 16.8 Å². The zero-order valence-corrected chi connectivity index (χ0v) is 19.2. The van der Waals surface area contributed by atoms with Crippen LogP contribution in [0.5, 0.6) is 0 Å². The van der Waals surface area contributed by atoms with Crippen molar-refractivity contribution in [3.05, 3.63) is 92.8 Å². The molecule has 34 heavy (non-hydrogen) atoms. The summed E-state index contributed by atoms with van der Waals surface area (Å²) in [5.74, 6) is -1.19. The molecule has 0 aliphatic carbocycles. The van der Waals surface area contributed by atoms with Crippen LogP contribution in [0.25, 0.3) is 11.0 Å². The van der Waals surface area contributed by atoms with E-state index in [0.717, 1.165) is 5.56 Å². The van der Waals surface area contributed by atoms with Crippen LogP contribution in [0.1, 0.15) is 32.3 Å². The van der Waals surface area contributed by atoms with Gasteiger partial charge in [-0.3, -0.25) is 19.3 Å². The largest absolute Gasteiger partial charge is 0.450 e. The fourth-order valence-corrected chi connectivity index (χ4v) is 5.70. The number of aryl methyl sites for hydroxylation is 2. The summed E-state index contributed by atoms with van der Waals surface area (Å²) >= 11 is 1.17. The molecule has 4 heterocycles. The summed E-state index contributed by atoms with van der Waals surface area (Å²) in [6, 6.07) is 12.3. The van der Waals surface area contributed by atoms with E-state index >= 15 is 0 Å². The molecule has 168 valence electrons. The van der Waals surface area contributed by atoms with Crippen molar-refractivity contribution in [2.24, 2.45) is 0 Å². The second kappa shape index (κ2) is 6.94. The molecule has 2 aliphatic rings. The fourth-order valence-electron chi connectivity index (χ4n) is 4.96. The topological polar surface area (TPSA) is 96.6 Å². The van der Waals surface area contributed by atoms with Gasteiger partial charge in [0.2, 0.25) is 10.9 Å². The Morgan fingerprint density at radius 2 is 1.91 bits per heavy atom. The van der Waals surface area contributed by atoms with Gasteiger partial charge in [-0.15, -0.1) is 16.8 Å². The summed E-state index contributed by atoms with van der Waals surface area (Å²) in [5.41, 5.74) is 0.101. The van der Waals surface area contributed by atoms with Crippen molar-refractivity contribution < 1.29 is 14.0 Å². The summed E-state index contributed by atoms with van der Waals surface area (Å²) < 4.78 is 6.03. The van der Waals surface area contributed by atoms with Crippen LogP contribution in [0.2, 0.25) is 0 Å². The quantitative estimate of drug-likeness (QED) is 0.424. The molecule has 0 fully saturated rings. The SMILES string of the molecule is C=CCN1C(=O)C2(c3ccccc31)c1c(oc3ccc(C)cc3c1=O)C(=O)N2c1nnc(C)s1. The number of carbonyl (C=O) groups is 2. The minimum Gasteiger partial charge on any atom is -0.450 e. The Bertz CT molecular complexity index is 1620. The van der Waals surface area contributed by atoms with Crippen LogP contribution in [0, 0.1) is 13.8 Å². The highest BCUT2D eigenvalue weighted by Gasteiger charge is 2.66.